The molecule has 1 N–H and O–H groups in total. The zero-order chi connectivity index (χ0) is 16.4. The highest BCUT2D eigenvalue weighted by Gasteiger charge is 2.24. The number of rotatable bonds is 5. The molecule has 1 fully saturated rings. The van der Waals surface area contributed by atoms with Crippen molar-refractivity contribution in [1.29, 1.82) is 0 Å². The number of nitrogens with zero attached hydrogens (tertiary/aromatic N) is 4. The summed E-state index contributed by atoms with van der Waals surface area (Å²) in [5, 5.41) is 18.5. The smallest absolute Gasteiger partial charge is 0.311 e. The van der Waals surface area contributed by atoms with E-state index in [0.29, 0.717) is 0 Å². The first-order valence-electron chi connectivity index (χ1n) is 7.39. The summed E-state index contributed by atoms with van der Waals surface area (Å²) in [6.07, 6.45) is 4.85. The molecule has 1 aromatic heterocycles. The molecule has 0 aliphatic carbocycles. The van der Waals surface area contributed by atoms with Crippen LogP contribution in [0.3, 0.4) is 0 Å². The largest absolute Gasteiger partial charge is 0.490 e. The number of anilines is 2. The summed E-state index contributed by atoms with van der Waals surface area (Å²) in [7, 11) is 3.34. The fourth-order valence-electron chi connectivity index (χ4n) is 2.84. The lowest BCUT2D eigenvalue weighted by atomic mass is 10.2. The van der Waals surface area contributed by atoms with Crippen LogP contribution in [0.1, 0.15) is 6.42 Å². The van der Waals surface area contributed by atoms with Crippen LogP contribution in [0.5, 0.6) is 5.75 Å². The SMILES string of the molecule is COc1cc(N[C@H]2CCN(c3cnn(C)c3)C2)ccc1[N+](=O)[O-]. The lowest BCUT2D eigenvalue weighted by Crippen LogP contribution is -2.25. The van der Waals surface area contributed by atoms with E-state index >= 15 is 0 Å². The molecule has 8 heteroatoms. The molecular formula is C15H19N5O3. The van der Waals surface area contributed by atoms with Crippen molar-refractivity contribution in [1.82, 2.24) is 9.78 Å². The summed E-state index contributed by atoms with van der Waals surface area (Å²) in [5.74, 6) is 0.266. The lowest BCUT2D eigenvalue weighted by molar-refractivity contribution is -0.385. The number of nitro groups is 1. The molecule has 8 nitrogen and oxygen atoms in total. The van der Waals surface area contributed by atoms with Crippen LogP contribution in [-0.4, -0.2) is 40.9 Å². The van der Waals surface area contributed by atoms with E-state index in [1.807, 2.05) is 19.4 Å². The van der Waals surface area contributed by atoms with Crippen LogP contribution in [0.25, 0.3) is 0 Å². The van der Waals surface area contributed by atoms with Crippen LogP contribution in [0.15, 0.2) is 30.6 Å². The molecule has 0 bridgehead atoms. The molecule has 1 aliphatic rings. The minimum Gasteiger partial charge on any atom is -0.490 e. The summed E-state index contributed by atoms with van der Waals surface area (Å²) in [4.78, 5) is 12.8. The Balaban J connectivity index is 1.67. The zero-order valence-corrected chi connectivity index (χ0v) is 13.1. The van der Waals surface area contributed by atoms with Crippen molar-refractivity contribution in [2.24, 2.45) is 7.05 Å². The van der Waals surface area contributed by atoms with Crippen LogP contribution in [-0.2, 0) is 7.05 Å². The molecule has 0 amide bonds. The first kappa shape index (κ1) is 15.1. The summed E-state index contributed by atoms with van der Waals surface area (Å²) in [5.41, 5.74) is 1.91. The summed E-state index contributed by atoms with van der Waals surface area (Å²) in [6, 6.07) is 5.13. The van der Waals surface area contributed by atoms with Crippen molar-refractivity contribution in [2.75, 3.05) is 30.4 Å². The van der Waals surface area contributed by atoms with Crippen LogP contribution < -0.4 is 15.0 Å². The average Bonchev–Trinajstić information content (AvgIpc) is 3.15. The Hall–Kier alpha value is -2.77. The van der Waals surface area contributed by atoms with Gasteiger partial charge in [0.05, 0.1) is 23.9 Å². The second-order valence-electron chi connectivity index (χ2n) is 5.59. The minimum absolute atomic E-state index is 0.0264. The van der Waals surface area contributed by atoms with Gasteiger partial charge in [-0.25, -0.2) is 0 Å². The van der Waals surface area contributed by atoms with Gasteiger partial charge in [-0.3, -0.25) is 14.8 Å². The molecule has 0 saturated carbocycles. The van der Waals surface area contributed by atoms with Gasteiger partial charge in [-0.05, 0) is 12.5 Å². The van der Waals surface area contributed by atoms with Gasteiger partial charge in [0.1, 0.15) is 0 Å². The second-order valence-corrected chi connectivity index (χ2v) is 5.59. The van der Waals surface area contributed by atoms with Crippen molar-refractivity contribution in [3.63, 3.8) is 0 Å². The number of benzene rings is 1. The van der Waals surface area contributed by atoms with Crippen LogP contribution in [0.4, 0.5) is 17.1 Å². The van der Waals surface area contributed by atoms with E-state index in [-0.39, 0.29) is 17.5 Å². The molecule has 1 saturated heterocycles. The third-order valence-electron chi connectivity index (χ3n) is 3.99. The highest BCUT2D eigenvalue weighted by Crippen LogP contribution is 2.30. The maximum Gasteiger partial charge on any atom is 0.311 e. The Kier molecular flexibility index (Phi) is 4.05. The second kappa shape index (κ2) is 6.15. The predicted octanol–water partition coefficient (Wildman–Crippen LogP) is 2.03. The van der Waals surface area contributed by atoms with Crippen LogP contribution >= 0.6 is 0 Å². The molecule has 0 radical (unpaired) electrons. The van der Waals surface area contributed by atoms with Crippen LogP contribution in [0, 0.1) is 10.1 Å². The van der Waals surface area contributed by atoms with Crippen molar-refractivity contribution < 1.29 is 9.66 Å². The first-order valence-corrected chi connectivity index (χ1v) is 7.39. The zero-order valence-electron chi connectivity index (χ0n) is 13.1. The highest BCUT2D eigenvalue weighted by atomic mass is 16.6. The third kappa shape index (κ3) is 3.20. The molecule has 0 unspecified atom stereocenters. The number of aromatic nitrogens is 2. The van der Waals surface area contributed by atoms with Crippen molar-refractivity contribution in [2.45, 2.75) is 12.5 Å². The Bertz CT molecular complexity index is 715. The Morgan fingerprint density at radius 2 is 2.30 bits per heavy atom. The van der Waals surface area contributed by atoms with E-state index in [9.17, 15) is 10.1 Å². The molecule has 2 aromatic rings. The number of hydrogen-bond acceptors (Lipinski definition) is 6. The molecule has 23 heavy (non-hydrogen) atoms. The Labute approximate surface area is 133 Å². The van der Waals surface area contributed by atoms with Gasteiger partial charge in [0, 0.05) is 50.2 Å². The average molecular weight is 317 g/mol. The Morgan fingerprint density at radius 1 is 1.48 bits per heavy atom. The van der Waals surface area contributed by atoms with E-state index in [0.717, 1.165) is 30.9 Å². The standard InChI is InChI=1S/C15H19N5O3/c1-18-10-13(8-16-18)19-6-5-12(9-19)17-11-3-4-14(20(21)22)15(7-11)23-2/h3-4,7-8,10,12,17H,5-6,9H2,1-2H3/t12-/m0/s1. The van der Waals surface area contributed by atoms with E-state index < -0.39 is 4.92 Å². The number of hydrogen-bond donors (Lipinski definition) is 1. The maximum absolute atomic E-state index is 10.9. The predicted molar refractivity (Wildman–Crippen MR) is 87.1 cm³/mol. The Morgan fingerprint density at radius 3 is 2.96 bits per heavy atom. The fraction of sp³-hybridized carbons (Fsp3) is 0.400. The van der Waals surface area contributed by atoms with Crippen LogP contribution in [0.2, 0.25) is 0 Å². The van der Waals surface area contributed by atoms with E-state index in [1.165, 1.54) is 13.2 Å². The van der Waals surface area contributed by atoms with Gasteiger partial charge in [-0.2, -0.15) is 5.10 Å². The van der Waals surface area contributed by atoms with Crippen molar-refractivity contribution in [3.05, 3.63) is 40.7 Å². The quantitative estimate of drug-likeness (QED) is 0.671. The summed E-state index contributed by atoms with van der Waals surface area (Å²) in [6.45, 7) is 1.82. The third-order valence-corrected chi connectivity index (χ3v) is 3.99. The van der Waals surface area contributed by atoms with Crippen molar-refractivity contribution in [3.8, 4) is 5.75 Å². The minimum atomic E-state index is -0.442. The van der Waals surface area contributed by atoms with Gasteiger partial charge in [0.2, 0.25) is 0 Å². The topological polar surface area (TPSA) is 85.5 Å². The number of nitrogens with one attached hydrogen (secondary N) is 1. The normalized spacial score (nSPS) is 17.3. The number of nitro benzene ring substituents is 1. The van der Waals surface area contributed by atoms with E-state index in [2.05, 4.69) is 15.3 Å². The van der Waals surface area contributed by atoms with Crippen molar-refractivity contribution >= 4 is 17.1 Å². The molecule has 1 aliphatic heterocycles. The summed E-state index contributed by atoms with van der Waals surface area (Å²) >= 11 is 0. The van der Waals surface area contributed by atoms with E-state index in [4.69, 9.17) is 4.74 Å². The summed E-state index contributed by atoms with van der Waals surface area (Å²) < 4.78 is 6.89. The maximum atomic E-state index is 10.9. The molecule has 122 valence electrons. The first-order chi connectivity index (χ1) is 11.1. The lowest BCUT2D eigenvalue weighted by Gasteiger charge is -2.17. The molecule has 0 spiro atoms. The number of methoxy groups -OCH3 is 1. The van der Waals surface area contributed by atoms with E-state index in [1.54, 1.807) is 16.8 Å². The number of ether oxygens (including phenoxy) is 1. The van der Waals surface area contributed by atoms with Gasteiger partial charge in [0.25, 0.3) is 0 Å². The highest BCUT2D eigenvalue weighted by molar-refractivity contribution is 5.58. The molecular weight excluding hydrogens is 298 g/mol. The van der Waals surface area contributed by atoms with Gasteiger partial charge in [-0.1, -0.05) is 0 Å². The fourth-order valence-corrected chi connectivity index (χ4v) is 2.84. The van der Waals surface area contributed by atoms with Gasteiger partial charge >= 0.3 is 5.69 Å². The molecule has 3 rings (SSSR count). The van der Waals surface area contributed by atoms with Gasteiger partial charge in [0.15, 0.2) is 5.75 Å². The molecule has 2 heterocycles. The monoisotopic (exact) mass is 317 g/mol. The van der Waals surface area contributed by atoms with Gasteiger partial charge < -0.3 is 15.0 Å². The molecule has 1 atom stereocenters. The number of aryl methyl sites for hydroxylation is 1. The van der Waals surface area contributed by atoms with Gasteiger partial charge in [-0.15, -0.1) is 0 Å². The molecule has 1 aromatic carbocycles.